The second kappa shape index (κ2) is 6.13. The number of anilines is 1. The second-order valence-corrected chi connectivity index (χ2v) is 5.54. The summed E-state index contributed by atoms with van der Waals surface area (Å²) in [6.07, 6.45) is 4.55. The maximum atomic E-state index is 12.5. The predicted molar refractivity (Wildman–Crippen MR) is 78.3 cm³/mol. The molecule has 1 amide bonds. The van der Waals surface area contributed by atoms with Crippen molar-refractivity contribution in [2.24, 2.45) is 11.1 Å². The van der Waals surface area contributed by atoms with Crippen LogP contribution in [0, 0.1) is 5.41 Å². The summed E-state index contributed by atoms with van der Waals surface area (Å²) in [6.45, 7) is 0.280. The van der Waals surface area contributed by atoms with Gasteiger partial charge in [-0.2, -0.15) is 0 Å². The highest BCUT2D eigenvalue weighted by Crippen LogP contribution is 2.36. The molecule has 0 atom stereocenters. The van der Waals surface area contributed by atoms with Crippen molar-refractivity contribution >= 4 is 17.6 Å². The molecule has 114 valence electrons. The zero-order valence-electron chi connectivity index (χ0n) is 11.8. The number of carbonyl (C=O) groups is 2. The quantitative estimate of drug-likeness (QED) is 0.633. The average molecular weight is 292 g/mol. The van der Waals surface area contributed by atoms with Gasteiger partial charge in [0, 0.05) is 12.2 Å². The third-order valence-electron chi connectivity index (χ3n) is 4.17. The summed E-state index contributed by atoms with van der Waals surface area (Å²) >= 11 is 0. The molecule has 1 saturated carbocycles. The van der Waals surface area contributed by atoms with Gasteiger partial charge in [-0.05, 0) is 31.0 Å². The van der Waals surface area contributed by atoms with E-state index in [-0.39, 0.29) is 23.8 Å². The topological polar surface area (TPSA) is 113 Å². The van der Waals surface area contributed by atoms with E-state index in [0.717, 1.165) is 32.1 Å². The molecule has 0 saturated heterocycles. The van der Waals surface area contributed by atoms with Gasteiger partial charge in [0.25, 0.3) is 0 Å². The number of amides is 1. The molecule has 0 unspecified atom stereocenters. The van der Waals surface area contributed by atoms with Crippen LogP contribution < -0.4 is 11.1 Å². The Balaban J connectivity index is 2.19. The lowest BCUT2D eigenvalue weighted by molar-refractivity contribution is -0.126. The highest BCUT2D eigenvalue weighted by molar-refractivity contribution is 5.98. The normalized spacial score (nSPS) is 17.2. The van der Waals surface area contributed by atoms with Gasteiger partial charge < -0.3 is 21.3 Å². The molecular formula is C15H20N2O4. The minimum atomic E-state index is -1.24. The van der Waals surface area contributed by atoms with Crippen molar-refractivity contribution in [2.45, 2.75) is 32.1 Å². The van der Waals surface area contributed by atoms with Crippen molar-refractivity contribution in [3.63, 3.8) is 0 Å². The van der Waals surface area contributed by atoms with E-state index >= 15 is 0 Å². The van der Waals surface area contributed by atoms with Crippen LogP contribution in [0.4, 0.5) is 5.69 Å². The molecule has 0 heterocycles. The lowest BCUT2D eigenvalue weighted by atomic mass is 9.73. The Morgan fingerprint density at radius 3 is 2.48 bits per heavy atom. The second-order valence-electron chi connectivity index (χ2n) is 5.54. The van der Waals surface area contributed by atoms with E-state index in [1.54, 1.807) is 0 Å². The van der Waals surface area contributed by atoms with Gasteiger partial charge in [0.15, 0.2) is 0 Å². The van der Waals surface area contributed by atoms with E-state index in [1.165, 1.54) is 18.2 Å². The number of phenols is 1. The van der Waals surface area contributed by atoms with E-state index in [1.807, 2.05) is 0 Å². The van der Waals surface area contributed by atoms with Crippen molar-refractivity contribution < 1.29 is 19.8 Å². The Hall–Kier alpha value is -2.08. The zero-order valence-corrected chi connectivity index (χ0v) is 11.8. The fraction of sp³-hybridized carbons (Fsp3) is 0.467. The molecule has 0 radical (unpaired) electrons. The molecule has 0 bridgehead atoms. The Morgan fingerprint density at radius 2 is 1.90 bits per heavy atom. The summed E-state index contributed by atoms with van der Waals surface area (Å²) in [7, 11) is 0. The Labute approximate surface area is 123 Å². The van der Waals surface area contributed by atoms with Gasteiger partial charge in [-0.15, -0.1) is 0 Å². The zero-order chi connectivity index (χ0) is 15.5. The number of benzene rings is 1. The van der Waals surface area contributed by atoms with Crippen LogP contribution in [-0.2, 0) is 4.79 Å². The summed E-state index contributed by atoms with van der Waals surface area (Å²) in [5.74, 6) is -1.74. The summed E-state index contributed by atoms with van der Waals surface area (Å²) in [5, 5.41) is 21.2. The van der Waals surface area contributed by atoms with Crippen LogP contribution >= 0.6 is 0 Å². The highest BCUT2D eigenvalue weighted by atomic mass is 16.4. The SMILES string of the molecule is NCC1(C(=O)Nc2ccc(O)c(C(=O)O)c2)CCCCC1. The first-order valence-corrected chi connectivity index (χ1v) is 7.06. The maximum Gasteiger partial charge on any atom is 0.339 e. The summed E-state index contributed by atoms with van der Waals surface area (Å²) < 4.78 is 0. The van der Waals surface area contributed by atoms with Crippen LogP contribution in [0.1, 0.15) is 42.5 Å². The van der Waals surface area contributed by atoms with Gasteiger partial charge in [-0.3, -0.25) is 4.79 Å². The van der Waals surface area contributed by atoms with Crippen molar-refractivity contribution in [1.82, 2.24) is 0 Å². The standard InChI is InChI=1S/C15H20N2O4/c16-9-15(6-2-1-3-7-15)14(21)17-10-4-5-12(18)11(8-10)13(19)20/h4-5,8,18H,1-3,6-7,9,16H2,(H,17,21)(H,19,20). The molecule has 1 aliphatic rings. The molecule has 21 heavy (non-hydrogen) atoms. The van der Waals surface area contributed by atoms with Crippen LogP contribution in [0.5, 0.6) is 5.75 Å². The number of carbonyl (C=O) groups excluding carboxylic acids is 1. The molecule has 0 aliphatic heterocycles. The third kappa shape index (κ3) is 3.16. The number of rotatable bonds is 4. The number of hydrogen-bond acceptors (Lipinski definition) is 4. The molecular weight excluding hydrogens is 272 g/mol. The van der Waals surface area contributed by atoms with Crippen molar-refractivity contribution in [2.75, 3.05) is 11.9 Å². The van der Waals surface area contributed by atoms with E-state index < -0.39 is 11.4 Å². The van der Waals surface area contributed by atoms with Gasteiger partial charge in [0.1, 0.15) is 11.3 Å². The van der Waals surface area contributed by atoms with E-state index in [0.29, 0.717) is 5.69 Å². The van der Waals surface area contributed by atoms with Gasteiger partial charge >= 0.3 is 5.97 Å². The predicted octanol–water partition coefficient (Wildman–Crippen LogP) is 1.94. The number of nitrogens with one attached hydrogen (secondary N) is 1. The van der Waals surface area contributed by atoms with Crippen molar-refractivity contribution in [3.8, 4) is 5.75 Å². The minimum Gasteiger partial charge on any atom is -0.507 e. The van der Waals surface area contributed by atoms with Crippen LogP contribution in [0.25, 0.3) is 0 Å². The van der Waals surface area contributed by atoms with Gasteiger partial charge in [0.2, 0.25) is 5.91 Å². The van der Waals surface area contributed by atoms with Crippen LogP contribution in [0.2, 0.25) is 0 Å². The average Bonchev–Trinajstić information content (AvgIpc) is 2.49. The fourth-order valence-corrected chi connectivity index (χ4v) is 2.80. The number of aromatic carboxylic acids is 1. The molecule has 6 nitrogen and oxygen atoms in total. The molecule has 1 fully saturated rings. The number of carboxylic acid groups (broad SMARTS) is 1. The minimum absolute atomic E-state index is 0.174. The first-order valence-electron chi connectivity index (χ1n) is 7.06. The van der Waals surface area contributed by atoms with E-state index in [2.05, 4.69) is 5.32 Å². The number of hydrogen-bond donors (Lipinski definition) is 4. The monoisotopic (exact) mass is 292 g/mol. The Kier molecular flexibility index (Phi) is 4.47. The van der Waals surface area contributed by atoms with Crippen LogP contribution in [0.3, 0.4) is 0 Å². The van der Waals surface area contributed by atoms with Crippen molar-refractivity contribution in [1.29, 1.82) is 0 Å². The molecule has 0 aromatic heterocycles. The summed E-state index contributed by atoms with van der Waals surface area (Å²) in [4.78, 5) is 23.5. The lowest BCUT2D eigenvalue weighted by Gasteiger charge is -2.34. The molecule has 5 N–H and O–H groups in total. The molecule has 2 rings (SSSR count). The summed E-state index contributed by atoms with van der Waals surface area (Å²) in [6, 6.07) is 3.99. The van der Waals surface area contributed by atoms with Gasteiger partial charge in [-0.25, -0.2) is 4.79 Å². The molecule has 1 aromatic carbocycles. The number of aromatic hydroxyl groups is 1. The van der Waals surface area contributed by atoms with E-state index in [4.69, 9.17) is 10.8 Å². The third-order valence-corrected chi connectivity index (χ3v) is 4.17. The Morgan fingerprint density at radius 1 is 1.24 bits per heavy atom. The van der Waals surface area contributed by atoms with Crippen LogP contribution in [0.15, 0.2) is 18.2 Å². The smallest absolute Gasteiger partial charge is 0.339 e. The van der Waals surface area contributed by atoms with Gasteiger partial charge in [0.05, 0.1) is 5.41 Å². The van der Waals surface area contributed by atoms with E-state index in [9.17, 15) is 14.7 Å². The molecule has 1 aliphatic carbocycles. The van der Waals surface area contributed by atoms with Gasteiger partial charge in [-0.1, -0.05) is 19.3 Å². The number of carboxylic acids is 1. The highest BCUT2D eigenvalue weighted by Gasteiger charge is 2.38. The van der Waals surface area contributed by atoms with Crippen LogP contribution in [-0.4, -0.2) is 28.6 Å². The largest absolute Gasteiger partial charge is 0.507 e. The first kappa shape index (κ1) is 15.3. The molecule has 6 heteroatoms. The molecule has 0 spiro atoms. The fourth-order valence-electron chi connectivity index (χ4n) is 2.80. The molecule has 1 aromatic rings. The summed E-state index contributed by atoms with van der Waals surface area (Å²) in [5.41, 5.74) is 5.35. The Bertz CT molecular complexity index is 551. The van der Waals surface area contributed by atoms with Crippen molar-refractivity contribution in [3.05, 3.63) is 23.8 Å². The maximum absolute atomic E-state index is 12.5. The number of nitrogens with two attached hydrogens (primary N) is 1. The first-order chi connectivity index (χ1) is 9.98. The lowest BCUT2D eigenvalue weighted by Crippen LogP contribution is -2.43.